The van der Waals surface area contributed by atoms with Gasteiger partial charge < -0.3 is 10.1 Å². The van der Waals surface area contributed by atoms with Gasteiger partial charge in [-0.25, -0.2) is 4.39 Å². The highest BCUT2D eigenvalue weighted by Gasteiger charge is 2.13. The summed E-state index contributed by atoms with van der Waals surface area (Å²) in [5.41, 5.74) is 2.28. The molecule has 4 heteroatoms. The van der Waals surface area contributed by atoms with E-state index in [0.29, 0.717) is 17.1 Å². The van der Waals surface area contributed by atoms with Gasteiger partial charge in [-0.2, -0.15) is 0 Å². The van der Waals surface area contributed by atoms with E-state index >= 15 is 0 Å². The molecule has 0 saturated heterocycles. The van der Waals surface area contributed by atoms with Crippen molar-refractivity contribution in [1.29, 1.82) is 0 Å². The van der Waals surface area contributed by atoms with Crippen molar-refractivity contribution in [2.75, 3.05) is 14.2 Å². The van der Waals surface area contributed by atoms with E-state index in [2.05, 4.69) is 5.32 Å². The zero-order valence-corrected chi connectivity index (χ0v) is 11.6. The van der Waals surface area contributed by atoms with Crippen molar-refractivity contribution in [1.82, 2.24) is 5.32 Å². The van der Waals surface area contributed by atoms with Crippen LogP contribution in [0.25, 0.3) is 11.1 Å². The Hall–Kier alpha value is -1.58. The maximum atomic E-state index is 14.3. The molecule has 0 fully saturated rings. The van der Waals surface area contributed by atoms with Gasteiger partial charge in [0.25, 0.3) is 0 Å². The van der Waals surface area contributed by atoms with Crippen LogP contribution in [-0.2, 0) is 6.54 Å². The Kier molecular flexibility index (Phi) is 4.40. The fraction of sp³-hybridized carbons (Fsp3) is 0.200. The predicted molar refractivity (Wildman–Crippen MR) is 76.2 cm³/mol. The first-order valence-electron chi connectivity index (χ1n) is 5.93. The molecular weight excluding hydrogens is 265 g/mol. The van der Waals surface area contributed by atoms with Gasteiger partial charge in [-0.3, -0.25) is 0 Å². The topological polar surface area (TPSA) is 21.3 Å². The van der Waals surface area contributed by atoms with Gasteiger partial charge in [0.1, 0.15) is 0 Å². The van der Waals surface area contributed by atoms with Crippen LogP contribution in [0.1, 0.15) is 5.56 Å². The van der Waals surface area contributed by atoms with Crippen molar-refractivity contribution in [3.8, 4) is 16.9 Å². The van der Waals surface area contributed by atoms with Gasteiger partial charge in [0, 0.05) is 17.1 Å². The first-order chi connectivity index (χ1) is 9.17. The van der Waals surface area contributed by atoms with Crippen molar-refractivity contribution in [2.45, 2.75) is 6.54 Å². The molecule has 0 aromatic heterocycles. The van der Waals surface area contributed by atoms with E-state index in [0.717, 1.165) is 11.1 Å². The Balaban J connectivity index is 2.58. The number of benzene rings is 2. The van der Waals surface area contributed by atoms with Gasteiger partial charge in [-0.1, -0.05) is 29.8 Å². The zero-order valence-electron chi connectivity index (χ0n) is 10.8. The summed E-state index contributed by atoms with van der Waals surface area (Å²) in [5, 5.41) is 3.69. The normalized spacial score (nSPS) is 10.5. The van der Waals surface area contributed by atoms with Gasteiger partial charge in [-0.15, -0.1) is 0 Å². The number of hydrogen-bond donors (Lipinski definition) is 1. The van der Waals surface area contributed by atoms with Crippen molar-refractivity contribution < 1.29 is 9.13 Å². The van der Waals surface area contributed by atoms with E-state index in [1.165, 1.54) is 7.11 Å². The fourth-order valence-electron chi connectivity index (χ4n) is 2.04. The fourth-order valence-corrected chi connectivity index (χ4v) is 2.23. The third-order valence-corrected chi connectivity index (χ3v) is 3.14. The van der Waals surface area contributed by atoms with Crippen LogP contribution in [0, 0.1) is 5.82 Å². The Bertz CT molecular complexity index is 586. The van der Waals surface area contributed by atoms with Gasteiger partial charge >= 0.3 is 0 Å². The smallest absolute Gasteiger partial charge is 0.172 e. The average Bonchev–Trinajstić information content (AvgIpc) is 2.40. The highest BCUT2D eigenvalue weighted by molar-refractivity contribution is 6.30. The minimum Gasteiger partial charge on any atom is -0.494 e. The summed E-state index contributed by atoms with van der Waals surface area (Å²) in [4.78, 5) is 0. The van der Waals surface area contributed by atoms with Crippen LogP contribution in [0.15, 0.2) is 36.4 Å². The first kappa shape index (κ1) is 13.8. The predicted octanol–water partition coefficient (Wildman–Crippen LogP) is 3.87. The van der Waals surface area contributed by atoms with E-state index < -0.39 is 0 Å². The Morgan fingerprint density at radius 3 is 2.68 bits per heavy atom. The summed E-state index contributed by atoms with van der Waals surface area (Å²) in [6, 6.07) is 10.5. The molecular formula is C15H15ClFNO. The first-order valence-corrected chi connectivity index (χ1v) is 6.31. The van der Waals surface area contributed by atoms with Crippen LogP contribution in [-0.4, -0.2) is 14.2 Å². The monoisotopic (exact) mass is 279 g/mol. The van der Waals surface area contributed by atoms with Gasteiger partial charge in [0.05, 0.1) is 7.11 Å². The largest absolute Gasteiger partial charge is 0.494 e. The van der Waals surface area contributed by atoms with Gasteiger partial charge in [0.2, 0.25) is 0 Å². The average molecular weight is 280 g/mol. The highest BCUT2D eigenvalue weighted by atomic mass is 35.5. The molecule has 100 valence electrons. The molecule has 2 nitrogen and oxygen atoms in total. The molecule has 2 rings (SSSR count). The molecule has 0 heterocycles. The Morgan fingerprint density at radius 2 is 2.00 bits per heavy atom. The molecule has 0 spiro atoms. The van der Waals surface area contributed by atoms with Crippen LogP contribution < -0.4 is 10.1 Å². The molecule has 0 aliphatic carbocycles. The molecule has 0 radical (unpaired) electrons. The summed E-state index contributed by atoms with van der Waals surface area (Å²) >= 11 is 5.99. The zero-order chi connectivity index (χ0) is 13.8. The molecule has 0 unspecified atom stereocenters. The lowest BCUT2D eigenvalue weighted by Gasteiger charge is -2.12. The summed E-state index contributed by atoms with van der Waals surface area (Å²) < 4.78 is 19.3. The van der Waals surface area contributed by atoms with Crippen LogP contribution in [0.4, 0.5) is 4.39 Å². The van der Waals surface area contributed by atoms with Crippen LogP contribution in [0.5, 0.6) is 5.75 Å². The van der Waals surface area contributed by atoms with Gasteiger partial charge in [-0.05, 0) is 36.4 Å². The maximum absolute atomic E-state index is 14.3. The summed E-state index contributed by atoms with van der Waals surface area (Å²) in [6.07, 6.45) is 0. The molecule has 19 heavy (non-hydrogen) atoms. The number of halogens is 2. The summed E-state index contributed by atoms with van der Waals surface area (Å²) in [5.74, 6) is -0.118. The maximum Gasteiger partial charge on any atom is 0.172 e. The minimum atomic E-state index is -0.357. The Labute approximate surface area is 117 Å². The van der Waals surface area contributed by atoms with Crippen molar-refractivity contribution >= 4 is 11.6 Å². The van der Waals surface area contributed by atoms with Crippen LogP contribution >= 0.6 is 11.6 Å². The van der Waals surface area contributed by atoms with E-state index in [1.54, 1.807) is 24.3 Å². The van der Waals surface area contributed by atoms with E-state index in [-0.39, 0.29) is 11.6 Å². The SMILES string of the molecule is CNCc1cc(Cl)ccc1-c1cccc(OC)c1F. The van der Waals surface area contributed by atoms with Crippen molar-refractivity contribution in [3.63, 3.8) is 0 Å². The molecule has 0 atom stereocenters. The molecule has 0 aliphatic heterocycles. The number of rotatable bonds is 4. The second-order valence-electron chi connectivity index (χ2n) is 4.15. The summed E-state index contributed by atoms with van der Waals surface area (Å²) in [7, 11) is 3.30. The van der Waals surface area contributed by atoms with Crippen molar-refractivity contribution in [3.05, 3.63) is 52.8 Å². The number of nitrogens with one attached hydrogen (secondary N) is 1. The molecule has 0 amide bonds. The quantitative estimate of drug-likeness (QED) is 0.917. The number of hydrogen-bond acceptors (Lipinski definition) is 2. The van der Waals surface area contributed by atoms with E-state index in [1.807, 2.05) is 19.2 Å². The number of ether oxygens (including phenoxy) is 1. The summed E-state index contributed by atoms with van der Waals surface area (Å²) in [6.45, 7) is 0.618. The third-order valence-electron chi connectivity index (χ3n) is 2.91. The van der Waals surface area contributed by atoms with Gasteiger partial charge in [0.15, 0.2) is 11.6 Å². The molecule has 2 aromatic carbocycles. The number of methoxy groups -OCH3 is 1. The lowest BCUT2D eigenvalue weighted by atomic mass is 9.99. The highest BCUT2D eigenvalue weighted by Crippen LogP contribution is 2.32. The molecule has 2 aromatic rings. The van der Waals surface area contributed by atoms with Crippen LogP contribution in [0.3, 0.4) is 0 Å². The second kappa shape index (κ2) is 6.04. The molecule has 0 bridgehead atoms. The van der Waals surface area contributed by atoms with Crippen molar-refractivity contribution in [2.24, 2.45) is 0 Å². The van der Waals surface area contributed by atoms with Crippen LogP contribution in [0.2, 0.25) is 5.02 Å². The lowest BCUT2D eigenvalue weighted by molar-refractivity contribution is 0.387. The Morgan fingerprint density at radius 1 is 1.21 bits per heavy atom. The lowest BCUT2D eigenvalue weighted by Crippen LogP contribution is -2.07. The second-order valence-corrected chi connectivity index (χ2v) is 4.59. The minimum absolute atomic E-state index is 0.239. The molecule has 0 saturated carbocycles. The van der Waals surface area contributed by atoms with E-state index in [9.17, 15) is 4.39 Å². The third kappa shape index (κ3) is 2.88. The molecule has 0 aliphatic rings. The van der Waals surface area contributed by atoms with E-state index in [4.69, 9.17) is 16.3 Å². The molecule has 1 N–H and O–H groups in total. The standard InChI is InChI=1S/C15H15ClFNO/c1-18-9-10-8-11(16)6-7-12(10)13-4-3-5-14(19-2)15(13)17/h3-8,18H,9H2,1-2H3.